The molecule has 32 heavy (non-hydrogen) atoms. The minimum absolute atomic E-state index is 0.00538. The number of carbonyl (C=O) groups excluding carboxylic acids is 1. The van der Waals surface area contributed by atoms with Gasteiger partial charge in [-0.15, -0.1) is 0 Å². The minimum atomic E-state index is -4.01. The van der Waals surface area contributed by atoms with E-state index in [1.807, 2.05) is 48.8 Å². The number of sulfone groups is 1. The summed E-state index contributed by atoms with van der Waals surface area (Å²) in [4.78, 5) is 25.2. The number of allylic oxidation sites excluding steroid dienone is 1. The van der Waals surface area contributed by atoms with E-state index in [4.69, 9.17) is 5.84 Å². The highest BCUT2D eigenvalue weighted by Gasteiger charge is 2.50. The predicted molar refractivity (Wildman–Crippen MR) is 125 cm³/mol. The molecule has 0 spiro atoms. The van der Waals surface area contributed by atoms with Crippen LogP contribution < -0.4 is 11.3 Å². The van der Waals surface area contributed by atoms with E-state index in [0.29, 0.717) is 12.8 Å². The van der Waals surface area contributed by atoms with Gasteiger partial charge in [0.1, 0.15) is 0 Å². The molecule has 1 amide bonds. The molecule has 0 heterocycles. The number of hydrogen-bond donors (Lipinski definition) is 3. The molecule has 0 aliphatic carbocycles. The highest BCUT2D eigenvalue weighted by Crippen LogP contribution is 2.41. The normalized spacial score (nSPS) is 14.6. The van der Waals surface area contributed by atoms with Gasteiger partial charge in [0.05, 0.1) is 5.92 Å². The van der Waals surface area contributed by atoms with Gasteiger partial charge < -0.3 is 5.11 Å². The molecule has 0 aliphatic rings. The lowest BCUT2D eigenvalue weighted by Crippen LogP contribution is -2.52. The zero-order valence-corrected chi connectivity index (χ0v) is 19.1. The molecule has 0 aliphatic heterocycles. The van der Waals surface area contributed by atoms with Crippen molar-refractivity contribution in [2.75, 3.05) is 6.26 Å². The first kappa shape index (κ1) is 25.3. The molecule has 7 nitrogen and oxygen atoms in total. The molecule has 172 valence electrons. The smallest absolute Gasteiger partial charge is 0.311 e. The number of amides is 1. The molecule has 0 fully saturated rings. The molecule has 2 rings (SSSR count). The third-order valence-corrected chi connectivity index (χ3v) is 7.44. The lowest BCUT2D eigenvalue weighted by molar-refractivity contribution is -0.138. The lowest BCUT2D eigenvalue weighted by atomic mass is 9.82. The monoisotopic (exact) mass is 458 g/mol. The first-order valence-electron chi connectivity index (χ1n) is 10.4. The van der Waals surface area contributed by atoms with Gasteiger partial charge in [-0.3, -0.25) is 15.0 Å². The van der Waals surface area contributed by atoms with Crippen molar-refractivity contribution in [3.05, 3.63) is 77.4 Å². The van der Waals surface area contributed by atoms with Gasteiger partial charge in [0, 0.05) is 6.26 Å². The Labute approximate surface area is 189 Å². The molecule has 0 bridgehead atoms. The molecule has 2 aromatic rings. The number of unbranched alkanes of at least 4 members (excludes halogenated alkanes) is 1. The Balaban J connectivity index is 2.62. The second-order valence-electron chi connectivity index (χ2n) is 7.70. The molecular weight excluding hydrogens is 428 g/mol. The largest absolute Gasteiger partial charge is 0.481 e. The number of nitrogens with one attached hydrogen (secondary N) is 1. The molecule has 0 aromatic heterocycles. The first-order chi connectivity index (χ1) is 15.2. The predicted octanol–water partition coefficient (Wildman–Crippen LogP) is 3.38. The van der Waals surface area contributed by atoms with Crippen molar-refractivity contribution >= 4 is 27.8 Å². The molecule has 0 unspecified atom stereocenters. The third-order valence-electron chi connectivity index (χ3n) is 5.56. The summed E-state index contributed by atoms with van der Waals surface area (Å²) in [6.07, 6.45) is 5.75. The fraction of sp³-hybridized carbons (Fsp3) is 0.333. The molecular formula is C24H30N2O5S. The Morgan fingerprint density at radius 3 is 2.31 bits per heavy atom. The number of nitrogens with two attached hydrogens (primary N) is 1. The summed E-state index contributed by atoms with van der Waals surface area (Å²) < 4.78 is 24.1. The van der Waals surface area contributed by atoms with Crippen LogP contribution in [0.2, 0.25) is 0 Å². The molecule has 4 N–H and O–H groups in total. The van der Waals surface area contributed by atoms with Crippen molar-refractivity contribution in [2.45, 2.75) is 43.3 Å². The number of hydrogen-bond acceptors (Lipinski definition) is 5. The zero-order chi connectivity index (χ0) is 23.8. The van der Waals surface area contributed by atoms with Crippen LogP contribution >= 0.6 is 0 Å². The number of carboxylic acids is 1. The summed E-state index contributed by atoms with van der Waals surface area (Å²) in [5.74, 6) is 2.38. The second-order valence-corrected chi connectivity index (χ2v) is 9.94. The maximum Gasteiger partial charge on any atom is 0.311 e. The first-order valence-corrected chi connectivity index (χ1v) is 12.3. The van der Waals surface area contributed by atoms with Gasteiger partial charge in [-0.1, -0.05) is 86.5 Å². The van der Waals surface area contributed by atoms with Crippen LogP contribution in [0.15, 0.2) is 60.7 Å². The van der Waals surface area contributed by atoms with Crippen LogP contribution in [-0.2, 0) is 24.2 Å². The van der Waals surface area contributed by atoms with Crippen LogP contribution in [0.5, 0.6) is 0 Å². The van der Waals surface area contributed by atoms with Gasteiger partial charge in [-0.05, 0) is 29.5 Å². The molecule has 0 saturated heterocycles. The third kappa shape index (κ3) is 5.44. The van der Waals surface area contributed by atoms with Crippen LogP contribution in [0.1, 0.15) is 55.2 Å². The minimum Gasteiger partial charge on any atom is -0.481 e. The van der Waals surface area contributed by atoms with Crippen LogP contribution in [0.4, 0.5) is 0 Å². The number of benzene rings is 2. The van der Waals surface area contributed by atoms with E-state index >= 15 is 0 Å². The zero-order valence-electron chi connectivity index (χ0n) is 18.3. The maximum absolute atomic E-state index is 13.0. The van der Waals surface area contributed by atoms with Crippen molar-refractivity contribution in [3.63, 3.8) is 0 Å². The average molecular weight is 459 g/mol. The fourth-order valence-corrected chi connectivity index (χ4v) is 5.40. The summed E-state index contributed by atoms with van der Waals surface area (Å²) in [5, 5.41) is 9.98. The van der Waals surface area contributed by atoms with Crippen molar-refractivity contribution in [1.29, 1.82) is 0 Å². The summed E-state index contributed by atoms with van der Waals surface area (Å²) in [6.45, 7) is 1.88. The quantitative estimate of drug-likeness (QED) is 0.269. The Hall–Kier alpha value is -2.97. The number of carbonyl (C=O) groups is 2. The lowest BCUT2D eigenvalue weighted by Gasteiger charge is -2.33. The van der Waals surface area contributed by atoms with Crippen LogP contribution in [0, 0.1) is 0 Å². The van der Waals surface area contributed by atoms with E-state index in [-0.39, 0.29) is 24.0 Å². The van der Waals surface area contributed by atoms with Gasteiger partial charge in [-0.2, -0.15) is 0 Å². The molecule has 0 saturated carbocycles. The van der Waals surface area contributed by atoms with Gasteiger partial charge in [0.25, 0.3) is 5.91 Å². The van der Waals surface area contributed by atoms with E-state index in [1.54, 1.807) is 24.3 Å². The van der Waals surface area contributed by atoms with E-state index in [9.17, 15) is 23.1 Å². The van der Waals surface area contributed by atoms with Crippen molar-refractivity contribution in [1.82, 2.24) is 5.43 Å². The maximum atomic E-state index is 13.0. The fourth-order valence-electron chi connectivity index (χ4n) is 3.90. The van der Waals surface area contributed by atoms with E-state index < -0.39 is 32.4 Å². The van der Waals surface area contributed by atoms with Crippen molar-refractivity contribution in [2.24, 2.45) is 5.84 Å². The molecule has 2 atom stereocenters. The summed E-state index contributed by atoms with van der Waals surface area (Å²) in [5.41, 5.74) is 3.35. The van der Waals surface area contributed by atoms with Gasteiger partial charge >= 0.3 is 5.97 Å². The van der Waals surface area contributed by atoms with E-state index in [0.717, 1.165) is 11.8 Å². The Morgan fingerprint density at radius 1 is 1.12 bits per heavy atom. The highest BCUT2D eigenvalue weighted by molar-refractivity contribution is 7.92. The summed E-state index contributed by atoms with van der Waals surface area (Å²) in [7, 11) is -4.01. The van der Waals surface area contributed by atoms with Gasteiger partial charge in [0.2, 0.25) is 0 Å². The number of hydrazine groups is 1. The Morgan fingerprint density at radius 2 is 1.75 bits per heavy atom. The topological polar surface area (TPSA) is 127 Å². The van der Waals surface area contributed by atoms with Crippen molar-refractivity contribution < 1.29 is 23.1 Å². The molecule has 0 radical (unpaired) electrons. The average Bonchev–Trinajstić information content (AvgIpc) is 2.77. The number of rotatable bonds is 11. The van der Waals surface area contributed by atoms with Gasteiger partial charge in [0.15, 0.2) is 14.6 Å². The Kier molecular flexibility index (Phi) is 8.74. The highest BCUT2D eigenvalue weighted by atomic mass is 32.2. The van der Waals surface area contributed by atoms with Crippen LogP contribution in [0.25, 0.3) is 6.08 Å². The number of aliphatic carboxylic acids is 1. The summed E-state index contributed by atoms with van der Waals surface area (Å²) >= 11 is 0. The van der Waals surface area contributed by atoms with E-state index in [2.05, 4.69) is 0 Å². The van der Waals surface area contributed by atoms with Crippen molar-refractivity contribution in [3.8, 4) is 0 Å². The standard InChI is InChI=1S/C24H30N2O5S/c1-3-4-17-24(23(29)26-25,32(2,30)31)21-16-9-8-14-19(21)20(22(27)28)15-10-13-18-11-6-5-7-12-18/h5-14,16,20H,3-4,15,17,25H2,1-2H3,(H,26,29)(H,27,28)/b13-10+/t20-,24+/m0/s1. The van der Waals surface area contributed by atoms with Crippen LogP contribution in [0.3, 0.4) is 0 Å². The van der Waals surface area contributed by atoms with E-state index in [1.165, 1.54) is 6.07 Å². The second kappa shape index (κ2) is 11.1. The number of carboxylic acid groups (broad SMARTS) is 1. The summed E-state index contributed by atoms with van der Waals surface area (Å²) in [6, 6.07) is 15.8. The van der Waals surface area contributed by atoms with Gasteiger partial charge in [-0.25, -0.2) is 14.3 Å². The molecule has 8 heteroatoms. The Bertz CT molecular complexity index is 1070. The van der Waals surface area contributed by atoms with Crippen LogP contribution in [-0.4, -0.2) is 31.7 Å². The molecule has 2 aromatic carbocycles. The SMILES string of the molecule is CCCC[C@](C(=O)NN)(c1ccccc1[C@H](C/C=C/c1ccccc1)C(=O)O)S(C)(=O)=O.